The fourth-order valence-electron chi connectivity index (χ4n) is 2.13. The van der Waals surface area contributed by atoms with Crippen molar-refractivity contribution < 1.29 is 17.7 Å². The van der Waals surface area contributed by atoms with Gasteiger partial charge >= 0.3 is 0 Å². The highest BCUT2D eigenvalue weighted by Gasteiger charge is 2.20. The molecule has 0 radical (unpaired) electrons. The van der Waals surface area contributed by atoms with E-state index in [-0.39, 0.29) is 11.8 Å². The lowest BCUT2D eigenvalue weighted by atomic mass is 10.2. The third-order valence-electron chi connectivity index (χ3n) is 3.28. The van der Waals surface area contributed by atoms with Crippen molar-refractivity contribution in [1.82, 2.24) is 14.8 Å². The first kappa shape index (κ1) is 15.4. The Labute approximate surface area is 119 Å². The molecule has 114 valence electrons. The van der Waals surface area contributed by atoms with Crippen molar-refractivity contribution >= 4 is 10.0 Å². The first-order chi connectivity index (χ1) is 9.46. The Morgan fingerprint density at radius 1 is 1.45 bits per heavy atom. The Balaban J connectivity index is 1.82. The van der Waals surface area contributed by atoms with E-state index in [4.69, 9.17) is 9.26 Å². The lowest BCUT2D eigenvalue weighted by Gasteiger charge is -2.32. The molecule has 0 spiro atoms. The van der Waals surface area contributed by atoms with E-state index >= 15 is 0 Å². The van der Waals surface area contributed by atoms with Gasteiger partial charge in [0.05, 0.1) is 13.2 Å². The van der Waals surface area contributed by atoms with Crippen molar-refractivity contribution in [1.29, 1.82) is 0 Å². The summed E-state index contributed by atoms with van der Waals surface area (Å²) in [6.07, 6.45) is 0. The molecule has 2 heterocycles. The van der Waals surface area contributed by atoms with Gasteiger partial charge in [0, 0.05) is 31.7 Å². The van der Waals surface area contributed by atoms with E-state index in [1.54, 1.807) is 13.0 Å². The third-order valence-corrected chi connectivity index (χ3v) is 4.56. The van der Waals surface area contributed by atoms with Crippen molar-refractivity contribution in [3.8, 4) is 0 Å². The second-order valence-corrected chi connectivity index (χ2v) is 6.84. The SMILES string of the molecule is Cc1cc(CS(=O)(=O)NC[C@H](C)N2CCOCC2)no1. The molecule has 1 saturated heterocycles. The van der Waals surface area contributed by atoms with Gasteiger partial charge in [0.25, 0.3) is 0 Å². The predicted octanol–water partition coefficient (Wildman–Crippen LogP) is 0.123. The first-order valence-corrected chi connectivity index (χ1v) is 8.33. The highest BCUT2D eigenvalue weighted by molar-refractivity contribution is 7.88. The minimum Gasteiger partial charge on any atom is -0.379 e. The fraction of sp³-hybridized carbons (Fsp3) is 0.750. The number of nitrogens with zero attached hydrogens (tertiary/aromatic N) is 2. The predicted molar refractivity (Wildman–Crippen MR) is 73.7 cm³/mol. The summed E-state index contributed by atoms with van der Waals surface area (Å²) in [6.45, 7) is 7.21. The number of aromatic nitrogens is 1. The minimum atomic E-state index is -3.39. The zero-order valence-electron chi connectivity index (χ0n) is 11.8. The largest absolute Gasteiger partial charge is 0.379 e. The zero-order valence-corrected chi connectivity index (χ0v) is 12.6. The van der Waals surface area contributed by atoms with Gasteiger partial charge in [-0.2, -0.15) is 0 Å². The van der Waals surface area contributed by atoms with E-state index in [0.29, 0.717) is 31.2 Å². The van der Waals surface area contributed by atoms with Crippen molar-refractivity contribution in [2.24, 2.45) is 0 Å². The normalized spacial score (nSPS) is 19.1. The van der Waals surface area contributed by atoms with Crippen LogP contribution in [0.5, 0.6) is 0 Å². The Morgan fingerprint density at radius 2 is 2.15 bits per heavy atom. The Morgan fingerprint density at radius 3 is 2.75 bits per heavy atom. The average molecular weight is 303 g/mol. The van der Waals surface area contributed by atoms with Crippen LogP contribution in [0.4, 0.5) is 0 Å². The van der Waals surface area contributed by atoms with Gasteiger partial charge in [0.1, 0.15) is 17.2 Å². The molecule has 1 aliphatic rings. The van der Waals surface area contributed by atoms with Gasteiger partial charge in [-0.1, -0.05) is 5.16 Å². The number of hydrogen-bond acceptors (Lipinski definition) is 6. The molecular formula is C12H21N3O4S. The summed E-state index contributed by atoms with van der Waals surface area (Å²) in [7, 11) is -3.39. The number of ether oxygens (including phenoxy) is 1. The zero-order chi connectivity index (χ0) is 14.6. The van der Waals surface area contributed by atoms with Crippen molar-refractivity contribution in [3.05, 3.63) is 17.5 Å². The molecule has 1 aromatic heterocycles. The molecule has 0 saturated carbocycles. The Kier molecular flexibility index (Phi) is 5.14. The molecule has 1 aliphatic heterocycles. The average Bonchev–Trinajstić information content (AvgIpc) is 2.82. The summed E-state index contributed by atoms with van der Waals surface area (Å²) in [5.74, 6) is 0.456. The van der Waals surface area contributed by atoms with Crippen LogP contribution in [0.25, 0.3) is 0 Å². The maximum absolute atomic E-state index is 12.0. The van der Waals surface area contributed by atoms with E-state index in [1.807, 2.05) is 6.92 Å². The van der Waals surface area contributed by atoms with Gasteiger partial charge in [-0.05, 0) is 13.8 Å². The summed E-state index contributed by atoms with van der Waals surface area (Å²) in [4.78, 5) is 2.21. The van der Waals surface area contributed by atoms with E-state index in [1.165, 1.54) is 0 Å². The van der Waals surface area contributed by atoms with Gasteiger partial charge in [0.15, 0.2) is 0 Å². The molecule has 1 atom stereocenters. The van der Waals surface area contributed by atoms with Crippen LogP contribution in [0, 0.1) is 6.92 Å². The Hall–Kier alpha value is -0.960. The van der Waals surface area contributed by atoms with Crippen LogP contribution >= 0.6 is 0 Å². The van der Waals surface area contributed by atoms with Crippen LogP contribution < -0.4 is 4.72 Å². The Bertz CT molecular complexity index is 523. The lowest BCUT2D eigenvalue weighted by molar-refractivity contribution is 0.0213. The van der Waals surface area contributed by atoms with Gasteiger partial charge in [-0.25, -0.2) is 13.1 Å². The van der Waals surface area contributed by atoms with Crippen molar-refractivity contribution in [2.75, 3.05) is 32.8 Å². The van der Waals surface area contributed by atoms with Crippen LogP contribution in [-0.2, 0) is 20.5 Å². The van der Waals surface area contributed by atoms with Crippen LogP contribution in [0.3, 0.4) is 0 Å². The van der Waals surface area contributed by atoms with Gasteiger partial charge in [0.2, 0.25) is 10.0 Å². The maximum Gasteiger partial charge on any atom is 0.217 e. The van der Waals surface area contributed by atoms with Crippen molar-refractivity contribution in [2.45, 2.75) is 25.6 Å². The molecule has 7 nitrogen and oxygen atoms in total. The molecule has 0 amide bonds. The maximum atomic E-state index is 12.0. The topological polar surface area (TPSA) is 84.7 Å². The molecule has 8 heteroatoms. The second-order valence-electron chi connectivity index (χ2n) is 5.03. The van der Waals surface area contributed by atoms with E-state index < -0.39 is 10.0 Å². The standard InChI is InChI=1S/C12H21N3O4S/c1-10(15-3-5-18-6-4-15)8-13-20(16,17)9-12-7-11(2)19-14-12/h7,10,13H,3-6,8-9H2,1-2H3/t10-/m0/s1. The van der Waals surface area contributed by atoms with Gasteiger partial charge in [-0.15, -0.1) is 0 Å². The molecular weight excluding hydrogens is 282 g/mol. The fourth-order valence-corrected chi connectivity index (χ4v) is 3.25. The number of aryl methyl sites for hydroxylation is 1. The van der Waals surface area contributed by atoms with Crippen molar-refractivity contribution in [3.63, 3.8) is 0 Å². The summed E-state index contributed by atoms with van der Waals surface area (Å²) in [5, 5.41) is 3.70. The smallest absolute Gasteiger partial charge is 0.217 e. The molecule has 0 bridgehead atoms. The number of sulfonamides is 1. The van der Waals surface area contributed by atoms with Crippen LogP contribution in [-0.4, -0.2) is 57.4 Å². The number of nitrogens with one attached hydrogen (secondary N) is 1. The summed E-state index contributed by atoms with van der Waals surface area (Å²) in [5.41, 5.74) is 0.425. The summed E-state index contributed by atoms with van der Waals surface area (Å²) in [6, 6.07) is 1.78. The molecule has 1 fully saturated rings. The van der Waals surface area contributed by atoms with Gasteiger partial charge in [-0.3, -0.25) is 4.90 Å². The highest BCUT2D eigenvalue weighted by Crippen LogP contribution is 2.07. The minimum absolute atomic E-state index is 0.146. The molecule has 1 N–H and O–H groups in total. The van der Waals surface area contributed by atoms with E-state index in [0.717, 1.165) is 13.1 Å². The van der Waals surface area contributed by atoms with E-state index in [9.17, 15) is 8.42 Å². The van der Waals surface area contributed by atoms with E-state index in [2.05, 4.69) is 14.8 Å². The second kappa shape index (κ2) is 6.66. The number of rotatable bonds is 6. The molecule has 0 aromatic carbocycles. The third kappa shape index (κ3) is 4.55. The number of morpholine rings is 1. The molecule has 20 heavy (non-hydrogen) atoms. The first-order valence-electron chi connectivity index (χ1n) is 6.67. The highest BCUT2D eigenvalue weighted by atomic mass is 32.2. The molecule has 1 aromatic rings. The van der Waals surface area contributed by atoms with Crippen LogP contribution in [0.15, 0.2) is 10.6 Å². The van der Waals surface area contributed by atoms with Crippen LogP contribution in [0.2, 0.25) is 0 Å². The van der Waals surface area contributed by atoms with Crippen LogP contribution in [0.1, 0.15) is 18.4 Å². The summed E-state index contributed by atoms with van der Waals surface area (Å²) >= 11 is 0. The number of hydrogen-bond donors (Lipinski definition) is 1. The molecule has 0 aliphatic carbocycles. The lowest BCUT2D eigenvalue weighted by Crippen LogP contribution is -2.47. The summed E-state index contributed by atoms with van der Waals surface area (Å²) < 4.78 is 36.7. The quantitative estimate of drug-likeness (QED) is 0.804. The monoisotopic (exact) mass is 303 g/mol. The molecule has 2 rings (SSSR count). The van der Waals surface area contributed by atoms with Gasteiger partial charge < -0.3 is 9.26 Å². The molecule has 0 unspecified atom stereocenters.